The predicted octanol–water partition coefficient (Wildman–Crippen LogP) is 2.77. The molecule has 2 nitrogen and oxygen atoms in total. The van der Waals surface area contributed by atoms with Gasteiger partial charge in [0.25, 0.3) is 0 Å². The maximum atomic E-state index is 4.31. The third-order valence-corrected chi connectivity index (χ3v) is 2.02. The van der Waals surface area contributed by atoms with Crippen molar-refractivity contribution in [1.82, 2.24) is 4.98 Å². The summed E-state index contributed by atoms with van der Waals surface area (Å²) in [5.74, 6) is 1.09. The van der Waals surface area contributed by atoms with E-state index in [1.165, 1.54) is 24.0 Å². The Balaban J connectivity index is 0.000000396. The SMILES string of the molecule is CC.Cc1cnc2c(c1)CCCN2. The Morgan fingerprint density at radius 3 is 2.92 bits per heavy atom. The predicted molar refractivity (Wildman–Crippen MR) is 57.1 cm³/mol. The van der Waals surface area contributed by atoms with Crippen LogP contribution in [0.25, 0.3) is 0 Å². The van der Waals surface area contributed by atoms with Gasteiger partial charge in [0.15, 0.2) is 0 Å². The zero-order valence-electron chi connectivity index (χ0n) is 8.72. The summed E-state index contributed by atoms with van der Waals surface area (Å²) in [5.41, 5.74) is 2.63. The molecular weight excluding hydrogens is 160 g/mol. The minimum atomic E-state index is 1.07. The van der Waals surface area contributed by atoms with Crippen LogP contribution in [-0.4, -0.2) is 11.5 Å². The van der Waals surface area contributed by atoms with Gasteiger partial charge in [0.1, 0.15) is 5.82 Å². The lowest BCUT2D eigenvalue weighted by Crippen LogP contribution is -2.13. The van der Waals surface area contributed by atoms with Gasteiger partial charge in [0.2, 0.25) is 0 Å². The highest BCUT2D eigenvalue weighted by Crippen LogP contribution is 2.19. The molecule has 0 fully saturated rings. The van der Waals surface area contributed by atoms with Gasteiger partial charge in [-0.25, -0.2) is 4.98 Å². The van der Waals surface area contributed by atoms with Crippen molar-refractivity contribution in [2.75, 3.05) is 11.9 Å². The summed E-state index contributed by atoms with van der Waals surface area (Å²) in [5, 5.41) is 3.28. The third kappa shape index (κ3) is 2.44. The molecule has 1 aliphatic rings. The largest absolute Gasteiger partial charge is 0.370 e. The van der Waals surface area contributed by atoms with E-state index in [2.05, 4.69) is 23.3 Å². The van der Waals surface area contributed by atoms with Crippen LogP contribution in [0.15, 0.2) is 12.3 Å². The number of fused-ring (bicyclic) bond motifs is 1. The van der Waals surface area contributed by atoms with E-state index in [9.17, 15) is 0 Å². The highest BCUT2D eigenvalue weighted by atomic mass is 15.0. The van der Waals surface area contributed by atoms with Crippen LogP contribution in [-0.2, 0) is 6.42 Å². The molecule has 2 heteroatoms. The lowest BCUT2D eigenvalue weighted by atomic mass is 10.1. The Kier molecular flexibility index (Phi) is 3.74. The van der Waals surface area contributed by atoms with Crippen molar-refractivity contribution in [3.05, 3.63) is 23.4 Å². The number of hydrogen-bond donors (Lipinski definition) is 1. The fourth-order valence-corrected chi connectivity index (χ4v) is 1.47. The number of anilines is 1. The summed E-state index contributed by atoms with van der Waals surface area (Å²) >= 11 is 0. The molecule has 1 N–H and O–H groups in total. The summed E-state index contributed by atoms with van der Waals surface area (Å²) in [6.07, 6.45) is 4.33. The van der Waals surface area contributed by atoms with Crippen LogP contribution in [0, 0.1) is 6.92 Å². The number of aryl methyl sites for hydroxylation is 2. The average Bonchev–Trinajstić information content (AvgIpc) is 2.21. The minimum Gasteiger partial charge on any atom is -0.370 e. The number of hydrogen-bond acceptors (Lipinski definition) is 2. The monoisotopic (exact) mass is 178 g/mol. The number of rotatable bonds is 0. The number of nitrogens with zero attached hydrogens (tertiary/aromatic N) is 1. The highest BCUT2D eigenvalue weighted by molar-refractivity contribution is 5.47. The summed E-state index contributed by atoms with van der Waals surface area (Å²) in [6, 6.07) is 2.22. The molecule has 0 aliphatic carbocycles. The second-order valence-corrected chi connectivity index (χ2v) is 3.05. The van der Waals surface area contributed by atoms with Crippen molar-refractivity contribution in [2.24, 2.45) is 0 Å². The first kappa shape index (κ1) is 10.0. The van der Waals surface area contributed by atoms with Gasteiger partial charge in [-0.15, -0.1) is 0 Å². The Bertz CT molecular complexity index is 269. The maximum Gasteiger partial charge on any atom is 0.129 e. The van der Waals surface area contributed by atoms with E-state index in [1.807, 2.05) is 20.0 Å². The Hall–Kier alpha value is -1.05. The van der Waals surface area contributed by atoms with Crippen LogP contribution in [0.1, 0.15) is 31.4 Å². The van der Waals surface area contributed by atoms with Crippen LogP contribution in [0.5, 0.6) is 0 Å². The van der Waals surface area contributed by atoms with E-state index in [-0.39, 0.29) is 0 Å². The highest BCUT2D eigenvalue weighted by Gasteiger charge is 2.08. The maximum absolute atomic E-state index is 4.31. The Labute approximate surface area is 80.4 Å². The fraction of sp³-hybridized carbons (Fsp3) is 0.545. The molecule has 1 aliphatic heterocycles. The first-order valence-electron chi connectivity index (χ1n) is 5.05. The number of nitrogens with one attached hydrogen (secondary N) is 1. The number of pyridine rings is 1. The number of aromatic nitrogens is 1. The van der Waals surface area contributed by atoms with Crippen molar-refractivity contribution < 1.29 is 0 Å². The van der Waals surface area contributed by atoms with Crippen LogP contribution >= 0.6 is 0 Å². The zero-order valence-corrected chi connectivity index (χ0v) is 8.72. The Morgan fingerprint density at radius 1 is 1.38 bits per heavy atom. The molecule has 0 amide bonds. The second-order valence-electron chi connectivity index (χ2n) is 3.05. The lowest BCUT2D eigenvalue weighted by Gasteiger charge is -2.16. The molecule has 0 bridgehead atoms. The van der Waals surface area contributed by atoms with Gasteiger partial charge in [0.05, 0.1) is 0 Å². The van der Waals surface area contributed by atoms with Crippen molar-refractivity contribution in [3.63, 3.8) is 0 Å². The molecule has 1 aromatic heterocycles. The standard InChI is InChI=1S/C9H12N2.C2H6/c1-7-5-8-3-2-4-10-9(8)11-6-7;1-2/h5-6H,2-4H2,1H3,(H,10,11);1-2H3. The van der Waals surface area contributed by atoms with E-state index < -0.39 is 0 Å². The van der Waals surface area contributed by atoms with Gasteiger partial charge in [-0.2, -0.15) is 0 Å². The Morgan fingerprint density at radius 2 is 2.15 bits per heavy atom. The van der Waals surface area contributed by atoms with Gasteiger partial charge in [-0.05, 0) is 30.9 Å². The van der Waals surface area contributed by atoms with Crippen molar-refractivity contribution in [2.45, 2.75) is 33.6 Å². The third-order valence-electron chi connectivity index (χ3n) is 2.02. The normalized spacial score (nSPS) is 13.5. The summed E-state index contributed by atoms with van der Waals surface area (Å²) < 4.78 is 0. The molecule has 1 aromatic rings. The molecule has 0 atom stereocenters. The average molecular weight is 178 g/mol. The molecule has 2 heterocycles. The van der Waals surface area contributed by atoms with Crippen LogP contribution in [0.4, 0.5) is 5.82 Å². The molecule has 72 valence electrons. The van der Waals surface area contributed by atoms with Crippen LogP contribution in [0.2, 0.25) is 0 Å². The van der Waals surface area contributed by atoms with E-state index in [1.54, 1.807) is 0 Å². The quantitative estimate of drug-likeness (QED) is 0.660. The first-order valence-corrected chi connectivity index (χ1v) is 5.05. The van der Waals surface area contributed by atoms with Gasteiger partial charge in [-0.3, -0.25) is 0 Å². The van der Waals surface area contributed by atoms with Gasteiger partial charge >= 0.3 is 0 Å². The smallest absolute Gasteiger partial charge is 0.129 e. The zero-order chi connectivity index (χ0) is 9.68. The van der Waals surface area contributed by atoms with E-state index >= 15 is 0 Å². The van der Waals surface area contributed by atoms with Crippen molar-refractivity contribution in [1.29, 1.82) is 0 Å². The van der Waals surface area contributed by atoms with Gasteiger partial charge in [0, 0.05) is 12.7 Å². The van der Waals surface area contributed by atoms with Crippen LogP contribution in [0.3, 0.4) is 0 Å². The molecule has 0 unspecified atom stereocenters. The topological polar surface area (TPSA) is 24.9 Å². The van der Waals surface area contributed by atoms with Crippen molar-refractivity contribution in [3.8, 4) is 0 Å². The van der Waals surface area contributed by atoms with E-state index in [0.717, 1.165) is 12.4 Å². The molecule has 0 aromatic carbocycles. The van der Waals surface area contributed by atoms with E-state index in [4.69, 9.17) is 0 Å². The molecule has 0 saturated heterocycles. The second kappa shape index (κ2) is 4.85. The summed E-state index contributed by atoms with van der Waals surface area (Å²) in [6.45, 7) is 7.16. The molecule has 0 saturated carbocycles. The van der Waals surface area contributed by atoms with Crippen molar-refractivity contribution >= 4 is 5.82 Å². The van der Waals surface area contributed by atoms with Gasteiger partial charge in [-0.1, -0.05) is 19.9 Å². The first-order chi connectivity index (χ1) is 6.36. The molecule has 2 rings (SSSR count). The minimum absolute atomic E-state index is 1.07. The van der Waals surface area contributed by atoms with E-state index in [0.29, 0.717) is 0 Å². The van der Waals surface area contributed by atoms with Crippen LogP contribution < -0.4 is 5.32 Å². The summed E-state index contributed by atoms with van der Waals surface area (Å²) in [4.78, 5) is 4.31. The van der Waals surface area contributed by atoms with Gasteiger partial charge < -0.3 is 5.32 Å². The summed E-state index contributed by atoms with van der Waals surface area (Å²) in [7, 11) is 0. The lowest BCUT2D eigenvalue weighted by molar-refractivity contribution is 0.816. The molecule has 0 spiro atoms. The fourth-order valence-electron chi connectivity index (χ4n) is 1.47. The molecule has 0 radical (unpaired) electrons. The molecule has 13 heavy (non-hydrogen) atoms. The molecular formula is C11H18N2.